The van der Waals surface area contributed by atoms with E-state index in [1.807, 2.05) is 18.2 Å². The minimum atomic E-state index is -0.680. The number of piperidine rings is 1. The van der Waals surface area contributed by atoms with Crippen LogP contribution in [0, 0.1) is 12.8 Å². The maximum atomic E-state index is 11.6. The summed E-state index contributed by atoms with van der Waals surface area (Å²) in [4.78, 5) is 13.9. The van der Waals surface area contributed by atoms with Gasteiger partial charge in [-0.1, -0.05) is 60.2 Å². The lowest BCUT2D eigenvalue weighted by molar-refractivity contribution is -0.144. The van der Waals surface area contributed by atoms with Crippen molar-refractivity contribution in [2.24, 2.45) is 5.92 Å². The molecule has 0 saturated carbocycles. The maximum absolute atomic E-state index is 11.6. The maximum Gasteiger partial charge on any atom is 0.307 e. The van der Waals surface area contributed by atoms with E-state index in [4.69, 9.17) is 0 Å². The van der Waals surface area contributed by atoms with Crippen LogP contribution < -0.4 is 0 Å². The summed E-state index contributed by atoms with van der Waals surface area (Å²) < 4.78 is 0. The van der Waals surface area contributed by atoms with Crippen molar-refractivity contribution in [3.8, 4) is 0 Å². The normalized spacial score (nSPS) is 22.0. The first kappa shape index (κ1) is 15.8. The van der Waals surface area contributed by atoms with Crippen molar-refractivity contribution in [1.82, 2.24) is 4.90 Å². The smallest absolute Gasteiger partial charge is 0.307 e. The Labute approximate surface area is 137 Å². The van der Waals surface area contributed by atoms with Gasteiger partial charge in [-0.2, -0.15) is 0 Å². The van der Waals surface area contributed by atoms with Gasteiger partial charge in [0.1, 0.15) is 0 Å². The second-order valence-electron chi connectivity index (χ2n) is 6.56. The van der Waals surface area contributed by atoms with Crippen molar-refractivity contribution in [2.75, 3.05) is 13.1 Å². The SMILES string of the molecule is Cc1cccc(C2CC(C(=O)O)CN(Cc3ccccc3)C2)c1. The van der Waals surface area contributed by atoms with Gasteiger partial charge in [-0.25, -0.2) is 0 Å². The fourth-order valence-corrected chi connectivity index (χ4v) is 3.51. The molecular formula is C20H23NO2. The Hall–Kier alpha value is -2.13. The van der Waals surface area contributed by atoms with Gasteiger partial charge in [-0.3, -0.25) is 9.69 Å². The first-order valence-corrected chi connectivity index (χ1v) is 8.17. The fraction of sp³-hybridized carbons (Fsp3) is 0.350. The predicted octanol–water partition coefficient (Wildman–Crippen LogP) is 3.69. The van der Waals surface area contributed by atoms with Crippen molar-refractivity contribution < 1.29 is 9.90 Å². The molecule has 1 heterocycles. The summed E-state index contributed by atoms with van der Waals surface area (Å²) >= 11 is 0. The third-order valence-electron chi connectivity index (χ3n) is 4.64. The second kappa shape index (κ2) is 6.97. The van der Waals surface area contributed by atoms with Crippen molar-refractivity contribution in [1.29, 1.82) is 0 Å². The molecule has 1 N–H and O–H groups in total. The Bertz CT molecular complexity index is 668. The molecule has 0 radical (unpaired) electrons. The van der Waals surface area contributed by atoms with Crippen LogP contribution in [0.4, 0.5) is 0 Å². The van der Waals surface area contributed by atoms with E-state index in [0.717, 1.165) is 19.5 Å². The van der Waals surface area contributed by atoms with Gasteiger partial charge in [-0.15, -0.1) is 0 Å². The highest BCUT2D eigenvalue weighted by atomic mass is 16.4. The van der Waals surface area contributed by atoms with Crippen molar-refractivity contribution in [3.05, 3.63) is 71.3 Å². The molecule has 3 rings (SSSR count). The highest BCUT2D eigenvalue weighted by molar-refractivity contribution is 5.70. The lowest BCUT2D eigenvalue weighted by Gasteiger charge is -2.36. The van der Waals surface area contributed by atoms with Crippen LogP contribution in [0.5, 0.6) is 0 Å². The van der Waals surface area contributed by atoms with Gasteiger partial charge in [0.15, 0.2) is 0 Å². The lowest BCUT2D eigenvalue weighted by Crippen LogP contribution is -2.41. The molecule has 120 valence electrons. The third kappa shape index (κ3) is 3.99. The number of benzene rings is 2. The number of carboxylic acid groups (broad SMARTS) is 1. The monoisotopic (exact) mass is 309 g/mol. The number of carbonyl (C=O) groups is 1. The Morgan fingerprint density at radius 2 is 1.91 bits per heavy atom. The van der Waals surface area contributed by atoms with E-state index in [9.17, 15) is 9.90 Å². The minimum Gasteiger partial charge on any atom is -0.481 e. The molecule has 3 nitrogen and oxygen atoms in total. The second-order valence-corrected chi connectivity index (χ2v) is 6.56. The van der Waals surface area contributed by atoms with Crippen LogP contribution in [-0.2, 0) is 11.3 Å². The van der Waals surface area contributed by atoms with Crippen molar-refractivity contribution >= 4 is 5.97 Å². The summed E-state index contributed by atoms with van der Waals surface area (Å²) in [6.07, 6.45) is 0.726. The van der Waals surface area contributed by atoms with Crippen LogP contribution in [-0.4, -0.2) is 29.1 Å². The lowest BCUT2D eigenvalue weighted by atomic mass is 9.84. The number of likely N-dealkylation sites (tertiary alicyclic amines) is 1. The molecule has 2 aromatic carbocycles. The van der Waals surface area contributed by atoms with Gasteiger partial charge in [0.2, 0.25) is 0 Å². The predicted molar refractivity (Wildman–Crippen MR) is 91.4 cm³/mol. The van der Waals surface area contributed by atoms with E-state index >= 15 is 0 Å². The van der Waals surface area contributed by atoms with E-state index in [-0.39, 0.29) is 11.8 Å². The number of hydrogen-bond donors (Lipinski definition) is 1. The summed E-state index contributed by atoms with van der Waals surface area (Å²) in [6, 6.07) is 18.8. The van der Waals surface area contributed by atoms with Crippen LogP contribution >= 0.6 is 0 Å². The zero-order valence-corrected chi connectivity index (χ0v) is 13.5. The first-order valence-electron chi connectivity index (χ1n) is 8.17. The first-order chi connectivity index (χ1) is 11.1. The number of aryl methyl sites for hydroxylation is 1. The molecule has 0 aromatic heterocycles. The summed E-state index contributed by atoms with van der Waals surface area (Å²) in [5.74, 6) is -0.688. The number of hydrogen-bond acceptors (Lipinski definition) is 2. The molecule has 0 bridgehead atoms. The van der Waals surface area contributed by atoms with E-state index < -0.39 is 5.97 Å². The summed E-state index contributed by atoms with van der Waals surface area (Å²) in [6.45, 7) is 4.45. The molecule has 2 unspecified atom stereocenters. The molecule has 3 heteroatoms. The Morgan fingerprint density at radius 1 is 1.13 bits per heavy atom. The molecule has 0 spiro atoms. The zero-order valence-electron chi connectivity index (χ0n) is 13.5. The molecule has 1 saturated heterocycles. The molecule has 2 atom stereocenters. The molecule has 1 aliphatic rings. The number of nitrogens with zero attached hydrogens (tertiary/aromatic N) is 1. The van der Waals surface area contributed by atoms with Gasteiger partial charge in [0.05, 0.1) is 5.92 Å². The molecule has 1 aliphatic heterocycles. The molecule has 23 heavy (non-hydrogen) atoms. The summed E-state index contributed by atoms with van der Waals surface area (Å²) in [7, 11) is 0. The van der Waals surface area contributed by atoms with E-state index in [1.54, 1.807) is 0 Å². The highest BCUT2D eigenvalue weighted by Crippen LogP contribution is 2.31. The largest absolute Gasteiger partial charge is 0.481 e. The van der Waals surface area contributed by atoms with Gasteiger partial charge >= 0.3 is 5.97 Å². The topological polar surface area (TPSA) is 40.5 Å². The highest BCUT2D eigenvalue weighted by Gasteiger charge is 2.32. The van der Waals surface area contributed by atoms with E-state index in [2.05, 4.69) is 48.2 Å². The van der Waals surface area contributed by atoms with Gasteiger partial charge in [0.25, 0.3) is 0 Å². The van der Waals surface area contributed by atoms with Gasteiger partial charge in [0, 0.05) is 19.6 Å². The third-order valence-corrected chi connectivity index (χ3v) is 4.64. The van der Waals surface area contributed by atoms with Gasteiger partial charge < -0.3 is 5.11 Å². The Morgan fingerprint density at radius 3 is 2.61 bits per heavy atom. The van der Waals surface area contributed by atoms with Gasteiger partial charge in [-0.05, 0) is 30.4 Å². The number of aliphatic carboxylic acids is 1. The molecule has 1 fully saturated rings. The van der Waals surface area contributed by atoms with Crippen molar-refractivity contribution in [3.63, 3.8) is 0 Å². The van der Waals surface area contributed by atoms with Crippen LogP contribution in [0.15, 0.2) is 54.6 Å². The number of carboxylic acids is 1. The van der Waals surface area contributed by atoms with E-state index in [1.165, 1.54) is 16.7 Å². The van der Waals surface area contributed by atoms with Crippen LogP contribution in [0.1, 0.15) is 29.0 Å². The minimum absolute atomic E-state index is 0.286. The van der Waals surface area contributed by atoms with E-state index in [0.29, 0.717) is 6.54 Å². The average Bonchev–Trinajstić information content (AvgIpc) is 2.55. The Kier molecular flexibility index (Phi) is 4.77. The molecule has 0 aliphatic carbocycles. The van der Waals surface area contributed by atoms with Crippen LogP contribution in [0.2, 0.25) is 0 Å². The quantitative estimate of drug-likeness (QED) is 0.936. The molecule has 0 amide bonds. The summed E-state index contributed by atoms with van der Waals surface area (Å²) in [5.41, 5.74) is 3.73. The number of rotatable bonds is 4. The van der Waals surface area contributed by atoms with Crippen LogP contribution in [0.25, 0.3) is 0 Å². The Balaban J connectivity index is 1.79. The van der Waals surface area contributed by atoms with Crippen molar-refractivity contribution in [2.45, 2.75) is 25.8 Å². The molecular weight excluding hydrogens is 286 g/mol. The van der Waals surface area contributed by atoms with Crippen LogP contribution in [0.3, 0.4) is 0 Å². The standard InChI is InChI=1S/C20H23NO2/c1-15-6-5-9-17(10-15)18-11-19(20(22)23)14-21(13-18)12-16-7-3-2-4-8-16/h2-10,18-19H,11-14H2,1H3,(H,22,23). The average molecular weight is 309 g/mol. The zero-order chi connectivity index (χ0) is 16.2. The summed E-state index contributed by atoms with van der Waals surface area (Å²) in [5, 5.41) is 9.51. The fourth-order valence-electron chi connectivity index (χ4n) is 3.51. The molecule has 2 aromatic rings.